The summed E-state index contributed by atoms with van der Waals surface area (Å²) in [5.41, 5.74) is 2.10. The van der Waals surface area contributed by atoms with Crippen LogP contribution in [0.3, 0.4) is 0 Å². The van der Waals surface area contributed by atoms with Crippen LogP contribution in [0, 0.1) is 11.3 Å². The van der Waals surface area contributed by atoms with Crippen molar-refractivity contribution in [2.24, 2.45) is 0 Å². The highest BCUT2D eigenvalue weighted by Crippen LogP contribution is 2.17. The van der Waals surface area contributed by atoms with E-state index >= 15 is 0 Å². The summed E-state index contributed by atoms with van der Waals surface area (Å²) in [5, 5.41) is 15.2. The molecule has 0 radical (unpaired) electrons. The van der Waals surface area contributed by atoms with Crippen LogP contribution in [0.25, 0.3) is 11.1 Å². The number of benzene rings is 1. The van der Waals surface area contributed by atoms with Gasteiger partial charge >= 0.3 is 0 Å². The SMILES string of the molecule is N#Cc1cccnc1NCCNc1nc2ccccc2o1. The van der Waals surface area contributed by atoms with E-state index in [1.807, 2.05) is 24.3 Å². The molecule has 2 aromatic heterocycles. The molecule has 0 aliphatic rings. The number of anilines is 2. The summed E-state index contributed by atoms with van der Waals surface area (Å²) in [6.45, 7) is 1.21. The summed E-state index contributed by atoms with van der Waals surface area (Å²) in [5.74, 6) is 0.583. The molecule has 3 rings (SSSR count). The number of hydrogen-bond donors (Lipinski definition) is 2. The van der Waals surface area contributed by atoms with Crippen LogP contribution in [0.2, 0.25) is 0 Å². The zero-order valence-electron chi connectivity index (χ0n) is 11.2. The lowest BCUT2D eigenvalue weighted by Crippen LogP contribution is -2.15. The Morgan fingerprint density at radius 2 is 1.95 bits per heavy atom. The minimum atomic E-state index is 0.486. The Bertz CT molecular complexity index is 757. The van der Waals surface area contributed by atoms with Crippen molar-refractivity contribution >= 4 is 22.9 Å². The predicted molar refractivity (Wildman–Crippen MR) is 79.9 cm³/mol. The van der Waals surface area contributed by atoms with Crippen LogP contribution in [-0.4, -0.2) is 23.1 Å². The highest BCUT2D eigenvalue weighted by molar-refractivity contribution is 5.74. The number of fused-ring (bicyclic) bond motifs is 1. The van der Waals surface area contributed by atoms with Crippen LogP contribution >= 0.6 is 0 Å². The second kappa shape index (κ2) is 5.92. The molecule has 3 aromatic rings. The average Bonchev–Trinajstić information content (AvgIpc) is 2.94. The molecular weight excluding hydrogens is 266 g/mol. The van der Waals surface area contributed by atoms with Gasteiger partial charge in [0, 0.05) is 19.3 Å². The molecular formula is C15H13N5O. The molecule has 0 aliphatic carbocycles. The molecule has 0 bridgehead atoms. The molecule has 2 heterocycles. The first-order valence-electron chi connectivity index (χ1n) is 6.55. The van der Waals surface area contributed by atoms with Crippen molar-refractivity contribution in [3.63, 3.8) is 0 Å². The summed E-state index contributed by atoms with van der Waals surface area (Å²) in [7, 11) is 0. The van der Waals surface area contributed by atoms with E-state index < -0.39 is 0 Å². The third-order valence-corrected chi connectivity index (χ3v) is 2.92. The van der Waals surface area contributed by atoms with Gasteiger partial charge < -0.3 is 15.1 Å². The number of hydrogen-bond acceptors (Lipinski definition) is 6. The van der Waals surface area contributed by atoms with Crippen molar-refractivity contribution in [1.82, 2.24) is 9.97 Å². The minimum Gasteiger partial charge on any atom is -0.424 e. The monoisotopic (exact) mass is 279 g/mol. The van der Waals surface area contributed by atoms with Gasteiger partial charge in [-0.1, -0.05) is 12.1 Å². The first-order chi connectivity index (χ1) is 10.4. The van der Waals surface area contributed by atoms with Crippen LogP contribution in [0.15, 0.2) is 47.0 Å². The predicted octanol–water partition coefficient (Wildman–Crippen LogP) is 2.62. The first-order valence-corrected chi connectivity index (χ1v) is 6.55. The molecule has 0 spiro atoms. The van der Waals surface area contributed by atoms with Gasteiger partial charge in [-0.05, 0) is 24.3 Å². The summed E-state index contributed by atoms with van der Waals surface area (Å²) >= 11 is 0. The van der Waals surface area contributed by atoms with Crippen molar-refractivity contribution in [2.75, 3.05) is 23.7 Å². The van der Waals surface area contributed by atoms with Crippen molar-refractivity contribution in [3.05, 3.63) is 48.2 Å². The third kappa shape index (κ3) is 2.92. The van der Waals surface area contributed by atoms with Crippen molar-refractivity contribution < 1.29 is 4.42 Å². The van der Waals surface area contributed by atoms with E-state index in [0.29, 0.717) is 30.5 Å². The smallest absolute Gasteiger partial charge is 0.295 e. The normalized spacial score (nSPS) is 10.2. The highest BCUT2D eigenvalue weighted by Gasteiger charge is 2.04. The molecule has 0 aliphatic heterocycles. The number of rotatable bonds is 5. The molecule has 0 saturated heterocycles. The molecule has 21 heavy (non-hydrogen) atoms. The largest absolute Gasteiger partial charge is 0.424 e. The fourth-order valence-electron chi connectivity index (χ4n) is 1.93. The van der Waals surface area contributed by atoms with Gasteiger partial charge in [0.25, 0.3) is 6.01 Å². The van der Waals surface area contributed by atoms with Gasteiger partial charge in [0.15, 0.2) is 5.58 Å². The number of aromatic nitrogens is 2. The Morgan fingerprint density at radius 1 is 1.10 bits per heavy atom. The molecule has 0 fully saturated rings. The summed E-state index contributed by atoms with van der Waals surface area (Å²) in [4.78, 5) is 8.45. The lowest BCUT2D eigenvalue weighted by molar-refractivity contribution is 0.615. The van der Waals surface area contributed by atoms with Gasteiger partial charge in [-0.3, -0.25) is 0 Å². The van der Waals surface area contributed by atoms with E-state index in [-0.39, 0.29) is 0 Å². The zero-order valence-corrected chi connectivity index (χ0v) is 11.2. The topological polar surface area (TPSA) is 86.8 Å². The fraction of sp³-hybridized carbons (Fsp3) is 0.133. The quantitative estimate of drug-likeness (QED) is 0.698. The summed E-state index contributed by atoms with van der Waals surface area (Å²) in [6, 6.07) is 13.6. The van der Waals surface area contributed by atoms with E-state index in [4.69, 9.17) is 9.68 Å². The molecule has 6 nitrogen and oxygen atoms in total. The molecule has 104 valence electrons. The molecule has 0 atom stereocenters. The van der Waals surface area contributed by atoms with E-state index in [2.05, 4.69) is 26.7 Å². The Morgan fingerprint density at radius 3 is 2.81 bits per heavy atom. The third-order valence-electron chi connectivity index (χ3n) is 2.92. The first kappa shape index (κ1) is 12.9. The Kier molecular flexibility index (Phi) is 3.65. The number of nitrogens with one attached hydrogen (secondary N) is 2. The van der Waals surface area contributed by atoms with Crippen LogP contribution in [0.5, 0.6) is 0 Å². The van der Waals surface area contributed by atoms with Crippen LogP contribution < -0.4 is 10.6 Å². The number of nitriles is 1. The molecule has 1 aromatic carbocycles. The van der Waals surface area contributed by atoms with E-state index in [1.165, 1.54) is 0 Å². The maximum absolute atomic E-state index is 8.96. The van der Waals surface area contributed by atoms with Crippen molar-refractivity contribution in [3.8, 4) is 6.07 Å². The maximum atomic E-state index is 8.96. The molecule has 0 saturated carbocycles. The molecule has 6 heteroatoms. The molecule has 0 unspecified atom stereocenters. The average molecular weight is 279 g/mol. The summed E-state index contributed by atoms with van der Waals surface area (Å²) in [6.07, 6.45) is 1.65. The van der Waals surface area contributed by atoms with Crippen LogP contribution in [-0.2, 0) is 0 Å². The Hall–Kier alpha value is -3.07. The number of nitrogens with zero attached hydrogens (tertiary/aromatic N) is 3. The fourth-order valence-corrected chi connectivity index (χ4v) is 1.93. The van der Waals surface area contributed by atoms with Gasteiger partial charge in [0.1, 0.15) is 17.4 Å². The van der Waals surface area contributed by atoms with Crippen molar-refractivity contribution in [2.45, 2.75) is 0 Å². The second-order valence-electron chi connectivity index (χ2n) is 4.35. The van der Waals surface area contributed by atoms with Crippen LogP contribution in [0.1, 0.15) is 5.56 Å². The van der Waals surface area contributed by atoms with Crippen molar-refractivity contribution in [1.29, 1.82) is 5.26 Å². The lowest BCUT2D eigenvalue weighted by atomic mass is 10.3. The number of para-hydroxylation sites is 2. The Balaban J connectivity index is 1.55. The van der Waals surface area contributed by atoms with E-state index in [9.17, 15) is 0 Å². The Labute approximate surface area is 121 Å². The van der Waals surface area contributed by atoms with Crippen LogP contribution in [0.4, 0.5) is 11.8 Å². The second-order valence-corrected chi connectivity index (χ2v) is 4.35. The van der Waals surface area contributed by atoms with Gasteiger partial charge in [-0.25, -0.2) is 4.98 Å². The van der Waals surface area contributed by atoms with Gasteiger partial charge in [-0.15, -0.1) is 0 Å². The van der Waals surface area contributed by atoms with Gasteiger partial charge in [0.2, 0.25) is 0 Å². The lowest BCUT2D eigenvalue weighted by Gasteiger charge is -2.06. The van der Waals surface area contributed by atoms with Gasteiger partial charge in [-0.2, -0.15) is 10.2 Å². The zero-order chi connectivity index (χ0) is 14.5. The van der Waals surface area contributed by atoms with Gasteiger partial charge in [0.05, 0.1) is 5.56 Å². The maximum Gasteiger partial charge on any atom is 0.295 e. The van der Waals surface area contributed by atoms with E-state index in [0.717, 1.165) is 11.1 Å². The standard InChI is InChI=1S/C15H13N5O/c16-10-11-4-3-7-17-14(11)18-8-9-19-15-20-12-5-1-2-6-13(12)21-15/h1-7H,8-9H2,(H,17,18)(H,19,20). The van der Waals surface area contributed by atoms with E-state index in [1.54, 1.807) is 18.3 Å². The molecule has 0 amide bonds. The minimum absolute atomic E-state index is 0.486. The number of oxazole rings is 1. The summed E-state index contributed by atoms with van der Waals surface area (Å²) < 4.78 is 5.55. The molecule has 2 N–H and O–H groups in total. The number of pyridine rings is 1. The highest BCUT2D eigenvalue weighted by atomic mass is 16.4.